The highest BCUT2D eigenvalue weighted by Gasteiger charge is 2.27. The van der Waals surface area contributed by atoms with Gasteiger partial charge in [0.1, 0.15) is 17.5 Å². The molecule has 1 aromatic rings. The fourth-order valence-electron chi connectivity index (χ4n) is 1.54. The minimum Gasteiger partial charge on any atom is -0.380 e. The number of hydrogen-bond donors (Lipinski definition) is 2. The Kier molecular flexibility index (Phi) is 3.78. The highest BCUT2D eigenvalue weighted by molar-refractivity contribution is 5.47. The minimum absolute atomic E-state index is 0.173. The third-order valence-electron chi connectivity index (χ3n) is 2.92. The van der Waals surface area contributed by atoms with Crippen molar-refractivity contribution in [2.75, 3.05) is 31.3 Å². The van der Waals surface area contributed by atoms with Crippen LogP contribution in [0.1, 0.15) is 31.5 Å². The van der Waals surface area contributed by atoms with Crippen molar-refractivity contribution < 1.29 is 4.74 Å². The zero-order valence-electron chi connectivity index (χ0n) is 10.7. The highest BCUT2D eigenvalue weighted by Crippen LogP contribution is 2.38. The Balaban J connectivity index is 2.06. The second-order valence-corrected chi connectivity index (χ2v) is 4.45. The molecular weight excluding hydrogens is 216 g/mol. The molecule has 2 N–H and O–H groups in total. The predicted octanol–water partition coefficient (Wildman–Crippen LogP) is 1.84. The lowest BCUT2D eigenvalue weighted by Gasteiger charge is -2.13. The number of nitrogens with one attached hydrogen (secondary N) is 2. The normalized spacial score (nSPS) is 16.6. The number of ether oxygens (including phenoxy) is 1. The predicted molar refractivity (Wildman–Crippen MR) is 68.5 cm³/mol. The van der Waals surface area contributed by atoms with Gasteiger partial charge < -0.3 is 15.4 Å². The van der Waals surface area contributed by atoms with Crippen LogP contribution in [0.4, 0.5) is 11.6 Å². The number of aromatic nitrogens is 2. The van der Waals surface area contributed by atoms with E-state index in [0.717, 1.165) is 24.0 Å². The van der Waals surface area contributed by atoms with Gasteiger partial charge in [0.15, 0.2) is 0 Å². The van der Waals surface area contributed by atoms with Crippen LogP contribution in [-0.4, -0.2) is 36.8 Å². The first-order valence-electron chi connectivity index (χ1n) is 6.06. The Hall–Kier alpha value is -1.36. The average molecular weight is 236 g/mol. The van der Waals surface area contributed by atoms with Crippen LogP contribution in [0.3, 0.4) is 0 Å². The third kappa shape index (κ3) is 3.30. The van der Waals surface area contributed by atoms with Gasteiger partial charge in [0, 0.05) is 32.7 Å². The summed E-state index contributed by atoms with van der Waals surface area (Å²) in [7, 11) is 3.58. The molecule has 5 nitrogen and oxygen atoms in total. The van der Waals surface area contributed by atoms with Gasteiger partial charge in [-0.25, -0.2) is 9.97 Å². The van der Waals surface area contributed by atoms with E-state index in [1.165, 1.54) is 12.8 Å². The number of methoxy groups -OCH3 is 1. The molecule has 0 saturated heterocycles. The minimum atomic E-state index is 0.173. The standard InChI is InChI=1S/C12H20N4O/c1-8(17-3)7-14-11-6-10(13-2)15-12(16-11)9-4-5-9/h6,8-9H,4-5,7H2,1-3H3,(H2,13,14,15,16). The molecule has 0 aliphatic heterocycles. The maximum absolute atomic E-state index is 5.20. The average Bonchev–Trinajstić information content (AvgIpc) is 3.19. The Morgan fingerprint density at radius 2 is 2.12 bits per heavy atom. The number of anilines is 2. The molecule has 0 spiro atoms. The molecule has 1 aliphatic carbocycles. The summed E-state index contributed by atoms with van der Waals surface area (Å²) in [6, 6.07) is 1.92. The molecule has 0 aromatic carbocycles. The summed E-state index contributed by atoms with van der Waals surface area (Å²) in [6.45, 7) is 2.77. The van der Waals surface area contributed by atoms with Crippen molar-refractivity contribution in [2.24, 2.45) is 0 Å². The van der Waals surface area contributed by atoms with Gasteiger partial charge in [-0.05, 0) is 19.8 Å². The molecule has 1 heterocycles. The zero-order chi connectivity index (χ0) is 12.3. The zero-order valence-corrected chi connectivity index (χ0v) is 10.7. The fourth-order valence-corrected chi connectivity index (χ4v) is 1.54. The molecule has 0 amide bonds. The topological polar surface area (TPSA) is 59.1 Å². The second kappa shape index (κ2) is 5.31. The molecule has 94 valence electrons. The van der Waals surface area contributed by atoms with Gasteiger partial charge in [-0.15, -0.1) is 0 Å². The molecule has 0 radical (unpaired) electrons. The van der Waals surface area contributed by atoms with Crippen molar-refractivity contribution in [3.8, 4) is 0 Å². The van der Waals surface area contributed by atoms with Crippen LogP contribution < -0.4 is 10.6 Å². The summed E-state index contributed by atoms with van der Waals surface area (Å²) in [4.78, 5) is 9.00. The van der Waals surface area contributed by atoms with Crippen molar-refractivity contribution in [3.63, 3.8) is 0 Å². The quantitative estimate of drug-likeness (QED) is 0.789. The molecule has 1 aliphatic rings. The van der Waals surface area contributed by atoms with Gasteiger partial charge in [-0.1, -0.05) is 0 Å². The van der Waals surface area contributed by atoms with Crippen LogP contribution in [0, 0.1) is 0 Å². The van der Waals surface area contributed by atoms with E-state index in [-0.39, 0.29) is 6.10 Å². The van der Waals surface area contributed by atoms with Crippen molar-refractivity contribution in [1.29, 1.82) is 0 Å². The summed E-state index contributed by atoms with van der Waals surface area (Å²) < 4.78 is 5.20. The van der Waals surface area contributed by atoms with Crippen LogP contribution in [0.15, 0.2) is 6.07 Å². The summed E-state index contributed by atoms with van der Waals surface area (Å²) >= 11 is 0. The van der Waals surface area contributed by atoms with E-state index in [1.54, 1.807) is 7.11 Å². The number of rotatable bonds is 6. The van der Waals surface area contributed by atoms with Gasteiger partial charge >= 0.3 is 0 Å². The molecule has 1 fully saturated rings. The van der Waals surface area contributed by atoms with E-state index in [9.17, 15) is 0 Å². The Bertz CT molecular complexity index is 379. The molecule has 17 heavy (non-hydrogen) atoms. The molecule has 0 bridgehead atoms. The van der Waals surface area contributed by atoms with Crippen LogP contribution >= 0.6 is 0 Å². The van der Waals surface area contributed by atoms with Crippen LogP contribution in [-0.2, 0) is 4.74 Å². The first-order valence-corrected chi connectivity index (χ1v) is 6.06. The van der Waals surface area contributed by atoms with E-state index in [1.807, 2.05) is 20.0 Å². The van der Waals surface area contributed by atoms with Gasteiger partial charge in [0.05, 0.1) is 6.10 Å². The van der Waals surface area contributed by atoms with Gasteiger partial charge in [-0.2, -0.15) is 0 Å². The van der Waals surface area contributed by atoms with Crippen LogP contribution in [0.5, 0.6) is 0 Å². The second-order valence-electron chi connectivity index (χ2n) is 4.45. The van der Waals surface area contributed by atoms with Crippen LogP contribution in [0.2, 0.25) is 0 Å². The van der Waals surface area contributed by atoms with Crippen molar-refractivity contribution in [2.45, 2.75) is 31.8 Å². The van der Waals surface area contributed by atoms with Crippen molar-refractivity contribution in [3.05, 3.63) is 11.9 Å². The monoisotopic (exact) mass is 236 g/mol. The van der Waals surface area contributed by atoms with Crippen molar-refractivity contribution >= 4 is 11.6 Å². The Labute approximate surface area is 102 Å². The summed E-state index contributed by atoms with van der Waals surface area (Å²) in [5.41, 5.74) is 0. The fraction of sp³-hybridized carbons (Fsp3) is 0.667. The first kappa shape index (κ1) is 12.1. The van der Waals surface area contributed by atoms with E-state index in [0.29, 0.717) is 5.92 Å². The van der Waals surface area contributed by atoms with Gasteiger partial charge in [0.25, 0.3) is 0 Å². The number of hydrogen-bond acceptors (Lipinski definition) is 5. The SMILES string of the molecule is CNc1cc(NCC(C)OC)nc(C2CC2)n1. The van der Waals surface area contributed by atoms with E-state index in [2.05, 4.69) is 20.6 Å². The summed E-state index contributed by atoms with van der Waals surface area (Å²) in [5.74, 6) is 3.25. The smallest absolute Gasteiger partial charge is 0.136 e. The highest BCUT2D eigenvalue weighted by atomic mass is 16.5. The lowest BCUT2D eigenvalue weighted by molar-refractivity contribution is 0.128. The van der Waals surface area contributed by atoms with Crippen LogP contribution in [0.25, 0.3) is 0 Å². The summed E-state index contributed by atoms with van der Waals surface area (Å²) in [6.07, 6.45) is 2.59. The lowest BCUT2D eigenvalue weighted by Crippen LogP contribution is -2.19. The van der Waals surface area contributed by atoms with E-state index < -0.39 is 0 Å². The first-order chi connectivity index (χ1) is 8.22. The van der Waals surface area contributed by atoms with Crippen molar-refractivity contribution in [1.82, 2.24) is 9.97 Å². The molecular formula is C12H20N4O. The van der Waals surface area contributed by atoms with Gasteiger partial charge in [0.2, 0.25) is 0 Å². The molecule has 1 atom stereocenters. The largest absolute Gasteiger partial charge is 0.380 e. The summed E-state index contributed by atoms with van der Waals surface area (Å²) in [5, 5.41) is 6.35. The molecule has 1 aromatic heterocycles. The lowest BCUT2D eigenvalue weighted by atomic mass is 10.3. The molecule has 1 unspecified atom stereocenters. The molecule has 2 rings (SSSR count). The maximum Gasteiger partial charge on any atom is 0.136 e. The Morgan fingerprint density at radius 3 is 2.71 bits per heavy atom. The third-order valence-corrected chi connectivity index (χ3v) is 2.92. The molecule has 5 heteroatoms. The van der Waals surface area contributed by atoms with E-state index in [4.69, 9.17) is 4.74 Å². The number of nitrogens with zero attached hydrogens (tertiary/aromatic N) is 2. The molecule has 1 saturated carbocycles. The van der Waals surface area contributed by atoms with Gasteiger partial charge in [-0.3, -0.25) is 0 Å². The van der Waals surface area contributed by atoms with E-state index >= 15 is 0 Å². The maximum atomic E-state index is 5.20. The Morgan fingerprint density at radius 1 is 1.41 bits per heavy atom.